The first kappa shape index (κ1) is 14.0. The molecule has 0 aliphatic heterocycles. The fraction of sp³-hybridized carbons (Fsp3) is 0.900. The number of aliphatic hydroxyl groups excluding tert-OH is 1. The lowest BCUT2D eigenvalue weighted by Crippen LogP contribution is -2.41. The highest BCUT2D eigenvalue weighted by atomic mass is 32.2. The molecule has 104 valence electrons. The third-order valence-corrected chi connectivity index (χ3v) is 4.24. The number of carbonyl (C=O) groups excluding carboxylic acids is 1. The van der Waals surface area contributed by atoms with Crippen molar-refractivity contribution in [1.29, 1.82) is 0 Å². The highest BCUT2D eigenvalue weighted by Gasteiger charge is 2.51. The molecule has 0 spiro atoms. The number of esters is 1. The first-order chi connectivity index (χ1) is 8.45. The number of hydrogen-bond donors (Lipinski definition) is 2. The van der Waals surface area contributed by atoms with Gasteiger partial charge in [-0.25, -0.2) is 14.4 Å². The van der Waals surface area contributed by atoms with Crippen LogP contribution in [0.2, 0.25) is 0 Å². The Kier molecular flexibility index (Phi) is 4.12. The quantitative estimate of drug-likeness (QED) is 0.341. The van der Waals surface area contributed by atoms with Crippen molar-refractivity contribution in [3.8, 4) is 0 Å². The van der Waals surface area contributed by atoms with E-state index in [2.05, 4.69) is 9.37 Å². The number of rotatable bonds is 5. The molecule has 6 nitrogen and oxygen atoms in total. The Balaban J connectivity index is 1.91. The minimum absolute atomic E-state index is 0.00361. The summed E-state index contributed by atoms with van der Waals surface area (Å²) >= 11 is -0.00361. The molecule has 2 saturated carbocycles. The molecule has 0 aromatic heterocycles. The Morgan fingerprint density at radius 3 is 2.67 bits per heavy atom. The number of hydrogen-bond acceptors (Lipinski definition) is 7. The SMILES string of the molecule is CC(F)(SOOO)C(=O)OC1C2CCC(C2)C1O. The molecule has 8 heteroatoms. The monoisotopic (exact) mass is 282 g/mol. The molecule has 0 radical (unpaired) electrons. The second kappa shape index (κ2) is 5.30. The Hall–Kier alpha value is -0.410. The fourth-order valence-electron chi connectivity index (χ4n) is 2.72. The number of ether oxygens (including phenoxy) is 1. The van der Waals surface area contributed by atoms with Gasteiger partial charge in [-0.15, -0.1) is 4.33 Å². The van der Waals surface area contributed by atoms with Gasteiger partial charge in [0.15, 0.2) is 0 Å². The van der Waals surface area contributed by atoms with Crippen molar-refractivity contribution in [2.75, 3.05) is 0 Å². The smallest absolute Gasteiger partial charge is 0.357 e. The number of alkyl halides is 1. The normalized spacial score (nSPS) is 37.6. The maximum absolute atomic E-state index is 13.8. The molecular formula is C10H15FO6S. The molecule has 0 aromatic rings. The molecule has 0 aromatic carbocycles. The molecule has 0 saturated heterocycles. The summed E-state index contributed by atoms with van der Waals surface area (Å²) in [6.45, 7) is 0.929. The first-order valence-corrected chi connectivity index (χ1v) is 6.44. The zero-order valence-corrected chi connectivity index (χ0v) is 10.6. The standard InChI is InChI=1S/C10H15FO6S/c1-10(11,18-17-16-14)9(13)15-8-6-3-2-5(4-6)7(8)12/h5-8,12,14H,2-4H2,1H3. The molecule has 2 aliphatic carbocycles. The molecule has 2 N–H and O–H groups in total. The van der Waals surface area contributed by atoms with Crippen LogP contribution >= 0.6 is 12.0 Å². The lowest BCUT2D eigenvalue weighted by Gasteiger charge is -2.28. The largest absolute Gasteiger partial charge is 0.456 e. The number of halogens is 1. The van der Waals surface area contributed by atoms with Gasteiger partial charge in [0.05, 0.1) is 18.1 Å². The van der Waals surface area contributed by atoms with Crippen LogP contribution < -0.4 is 0 Å². The Labute approximate surface area is 107 Å². The third kappa shape index (κ3) is 2.62. The van der Waals surface area contributed by atoms with Crippen molar-refractivity contribution in [2.45, 2.75) is 43.4 Å². The van der Waals surface area contributed by atoms with Crippen molar-refractivity contribution >= 4 is 18.0 Å². The summed E-state index contributed by atoms with van der Waals surface area (Å²) in [5.74, 6) is -0.908. The number of carbonyl (C=O) groups is 1. The van der Waals surface area contributed by atoms with Crippen LogP contribution in [0.25, 0.3) is 0 Å². The maximum atomic E-state index is 13.8. The molecule has 0 amide bonds. The van der Waals surface area contributed by atoms with Gasteiger partial charge in [-0.2, -0.15) is 0 Å². The van der Waals surface area contributed by atoms with Crippen molar-refractivity contribution in [1.82, 2.24) is 0 Å². The highest BCUT2D eigenvalue weighted by molar-refractivity contribution is 7.96. The predicted molar refractivity (Wildman–Crippen MR) is 58.6 cm³/mol. The van der Waals surface area contributed by atoms with Crippen molar-refractivity contribution < 1.29 is 33.7 Å². The summed E-state index contributed by atoms with van der Waals surface area (Å²) in [5.41, 5.74) is 0. The average molecular weight is 282 g/mol. The second-order valence-electron chi connectivity index (χ2n) is 4.84. The number of fused-ring (bicyclic) bond motifs is 2. The van der Waals surface area contributed by atoms with E-state index in [0.29, 0.717) is 0 Å². The summed E-state index contributed by atoms with van der Waals surface area (Å²) in [7, 11) is 0. The molecular weight excluding hydrogens is 267 g/mol. The maximum Gasteiger partial charge on any atom is 0.357 e. The summed E-state index contributed by atoms with van der Waals surface area (Å²) < 4.78 is 22.7. The van der Waals surface area contributed by atoms with E-state index in [0.717, 1.165) is 26.2 Å². The van der Waals surface area contributed by atoms with E-state index in [-0.39, 0.29) is 23.9 Å². The highest BCUT2D eigenvalue weighted by Crippen LogP contribution is 2.46. The minimum Gasteiger partial charge on any atom is -0.456 e. The average Bonchev–Trinajstić information content (AvgIpc) is 2.90. The summed E-state index contributed by atoms with van der Waals surface area (Å²) in [5, 5.41) is 18.5. The molecule has 18 heavy (non-hydrogen) atoms. The Morgan fingerprint density at radius 1 is 1.44 bits per heavy atom. The molecule has 2 aliphatic rings. The molecule has 2 bridgehead atoms. The van der Waals surface area contributed by atoms with Crippen LogP contribution in [0.5, 0.6) is 0 Å². The molecule has 5 atom stereocenters. The number of aliphatic hydroxyl groups is 1. The van der Waals surface area contributed by atoms with Gasteiger partial charge in [0.1, 0.15) is 6.10 Å². The van der Waals surface area contributed by atoms with Gasteiger partial charge in [0.2, 0.25) is 0 Å². The summed E-state index contributed by atoms with van der Waals surface area (Å²) in [6.07, 6.45) is 1.24. The van der Waals surface area contributed by atoms with Gasteiger partial charge in [0, 0.05) is 0 Å². The van der Waals surface area contributed by atoms with E-state index in [9.17, 15) is 14.3 Å². The third-order valence-electron chi connectivity index (χ3n) is 3.63. The van der Waals surface area contributed by atoms with E-state index in [1.54, 1.807) is 0 Å². The van der Waals surface area contributed by atoms with Crippen LogP contribution in [0.3, 0.4) is 0 Å². The van der Waals surface area contributed by atoms with E-state index >= 15 is 0 Å². The lowest BCUT2D eigenvalue weighted by molar-refractivity contribution is -0.432. The first-order valence-electron chi connectivity index (χ1n) is 5.69. The molecule has 2 fully saturated rings. The van der Waals surface area contributed by atoms with Crippen LogP contribution in [0.15, 0.2) is 0 Å². The van der Waals surface area contributed by atoms with E-state index in [1.807, 2.05) is 0 Å². The van der Waals surface area contributed by atoms with Gasteiger partial charge in [0.25, 0.3) is 5.00 Å². The van der Waals surface area contributed by atoms with Crippen molar-refractivity contribution in [2.24, 2.45) is 11.8 Å². The summed E-state index contributed by atoms with van der Waals surface area (Å²) in [4.78, 5) is 11.6. The van der Waals surface area contributed by atoms with Gasteiger partial charge >= 0.3 is 5.97 Å². The van der Waals surface area contributed by atoms with Gasteiger partial charge in [-0.1, -0.05) is 5.04 Å². The fourth-order valence-corrected chi connectivity index (χ4v) is 2.99. The van der Waals surface area contributed by atoms with Crippen LogP contribution in [-0.2, 0) is 18.9 Å². The van der Waals surface area contributed by atoms with Crippen LogP contribution in [0.1, 0.15) is 26.2 Å². The minimum atomic E-state index is -2.51. The van der Waals surface area contributed by atoms with E-state index in [4.69, 9.17) is 9.99 Å². The Morgan fingerprint density at radius 2 is 2.11 bits per heavy atom. The van der Waals surface area contributed by atoms with E-state index < -0.39 is 23.2 Å². The predicted octanol–water partition coefficient (Wildman–Crippen LogP) is 1.44. The second-order valence-corrected chi connectivity index (χ2v) is 5.91. The van der Waals surface area contributed by atoms with Crippen LogP contribution in [-0.4, -0.2) is 33.5 Å². The van der Waals surface area contributed by atoms with Gasteiger partial charge < -0.3 is 9.84 Å². The molecule has 0 heterocycles. The topological polar surface area (TPSA) is 85.2 Å². The van der Waals surface area contributed by atoms with Crippen molar-refractivity contribution in [3.63, 3.8) is 0 Å². The van der Waals surface area contributed by atoms with Crippen molar-refractivity contribution in [3.05, 3.63) is 0 Å². The van der Waals surface area contributed by atoms with Crippen LogP contribution in [0.4, 0.5) is 4.39 Å². The van der Waals surface area contributed by atoms with Gasteiger partial charge in [-0.05, 0) is 38.0 Å². The summed E-state index contributed by atoms with van der Waals surface area (Å²) in [6, 6.07) is 0. The molecule has 5 unspecified atom stereocenters. The van der Waals surface area contributed by atoms with E-state index in [1.165, 1.54) is 0 Å². The van der Waals surface area contributed by atoms with Crippen LogP contribution in [0, 0.1) is 11.8 Å². The molecule has 2 rings (SSSR count). The zero-order chi connectivity index (χ0) is 13.3. The zero-order valence-electron chi connectivity index (χ0n) is 9.74. The lowest BCUT2D eigenvalue weighted by atomic mass is 9.95. The van der Waals surface area contributed by atoms with Gasteiger partial charge in [-0.3, -0.25) is 0 Å². The Bertz CT molecular complexity index is 323.